The van der Waals surface area contributed by atoms with Crippen LogP contribution >= 0.6 is 0 Å². The maximum Gasteiger partial charge on any atom is 0.220 e. The van der Waals surface area contributed by atoms with Gasteiger partial charge in [0.05, 0.1) is 20.1 Å². The number of hydrogen-bond acceptors (Lipinski definition) is 2. The minimum Gasteiger partial charge on any atom is -1.00 e. The number of nitrogens with one attached hydrogen (secondary N) is 1. The predicted molar refractivity (Wildman–Crippen MR) is 125 cm³/mol. The molecule has 182 valence electrons. The number of hydroxylamine groups is 3. The van der Waals surface area contributed by atoms with Crippen molar-refractivity contribution in [1.29, 1.82) is 0 Å². The first kappa shape index (κ1) is 31.9. The van der Waals surface area contributed by atoms with E-state index in [0.717, 1.165) is 25.7 Å². The van der Waals surface area contributed by atoms with Crippen molar-refractivity contribution in [3.8, 4) is 0 Å². The highest BCUT2D eigenvalue weighted by Crippen LogP contribution is 2.14. The Morgan fingerprint density at radius 2 is 1.13 bits per heavy atom. The van der Waals surface area contributed by atoms with Gasteiger partial charge in [0.2, 0.25) is 5.91 Å². The molecular weight excluding hydrogens is 396 g/mol. The van der Waals surface area contributed by atoms with Crippen molar-refractivity contribution in [1.82, 2.24) is 5.32 Å². The minimum absolute atomic E-state index is 0. The minimum atomic E-state index is -0.0933. The molecule has 0 aromatic rings. The van der Waals surface area contributed by atoms with Gasteiger partial charge in [-0.05, 0) is 12.8 Å². The molecule has 0 spiro atoms. The van der Waals surface area contributed by atoms with Crippen molar-refractivity contribution in [3.63, 3.8) is 0 Å². The van der Waals surface area contributed by atoms with Crippen LogP contribution in [0.15, 0.2) is 0 Å². The lowest BCUT2D eigenvalue weighted by atomic mass is 10.0. The van der Waals surface area contributed by atoms with Crippen molar-refractivity contribution >= 4 is 5.91 Å². The first-order valence-electron chi connectivity index (χ1n) is 12.7. The smallest absolute Gasteiger partial charge is 0.220 e. The van der Waals surface area contributed by atoms with Crippen LogP contribution in [0.5, 0.6) is 0 Å². The fraction of sp³-hybridized carbons (Fsp3) is 0.960. The van der Waals surface area contributed by atoms with Crippen molar-refractivity contribution < 1.29 is 27.1 Å². The zero-order chi connectivity index (χ0) is 21.8. The monoisotopic (exact) mass is 448 g/mol. The van der Waals surface area contributed by atoms with Gasteiger partial charge in [-0.15, -0.1) is 0 Å². The molecule has 0 rings (SSSR count). The number of amides is 1. The van der Waals surface area contributed by atoms with E-state index in [9.17, 15) is 10.0 Å². The predicted octanol–water partition coefficient (Wildman–Crippen LogP) is 4.00. The number of likely N-dealkylation sites (N-methyl/N-ethyl adjacent to an activating group) is 1. The van der Waals surface area contributed by atoms with E-state index in [1.807, 2.05) is 0 Å². The molecule has 5 heteroatoms. The normalized spacial score (nSPS) is 12.4. The van der Waals surface area contributed by atoms with Crippen LogP contribution in [0.3, 0.4) is 0 Å². The average Bonchev–Trinajstić information content (AvgIpc) is 2.63. The highest BCUT2D eigenvalue weighted by molar-refractivity contribution is 5.76. The van der Waals surface area contributed by atoms with Crippen LogP contribution in [0.1, 0.15) is 129 Å². The molecule has 1 atom stereocenters. The molecule has 0 aromatic carbocycles. The standard InChI is InChI=1S/C25H52N2O2.ClH/c1-5-7-8-9-10-11-12-13-14-15-16-17-18-19-20-22-25(28)26-24(21-6-2)23-27(3,4)29;/h24,29H,5-23H2,1-4H3;1H. The molecular formula is C25H53ClN2O2. The van der Waals surface area contributed by atoms with Crippen molar-refractivity contribution in [3.05, 3.63) is 0 Å². The van der Waals surface area contributed by atoms with Gasteiger partial charge in [-0.2, -0.15) is 4.65 Å². The van der Waals surface area contributed by atoms with Crippen LogP contribution in [0, 0.1) is 0 Å². The van der Waals surface area contributed by atoms with Crippen LogP contribution < -0.4 is 17.7 Å². The van der Waals surface area contributed by atoms with Gasteiger partial charge in [-0.3, -0.25) is 4.79 Å². The van der Waals surface area contributed by atoms with Gasteiger partial charge in [0.15, 0.2) is 0 Å². The number of unbranched alkanes of at least 4 members (excludes halogenated alkanes) is 14. The van der Waals surface area contributed by atoms with E-state index in [0.29, 0.717) is 13.0 Å². The van der Waals surface area contributed by atoms with E-state index in [-0.39, 0.29) is 29.0 Å². The van der Waals surface area contributed by atoms with E-state index < -0.39 is 0 Å². The number of carbonyl (C=O) groups is 1. The number of nitrogens with zero attached hydrogens (tertiary/aromatic N) is 1. The lowest BCUT2D eigenvalue weighted by molar-refractivity contribution is -1.07. The highest BCUT2D eigenvalue weighted by Gasteiger charge is 2.21. The Hall–Kier alpha value is -0.320. The number of halogens is 1. The molecule has 0 aliphatic rings. The summed E-state index contributed by atoms with van der Waals surface area (Å²) in [5.41, 5.74) is 0. The second-order valence-corrected chi connectivity index (χ2v) is 9.56. The summed E-state index contributed by atoms with van der Waals surface area (Å²) in [5, 5.41) is 13.0. The summed E-state index contributed by atoms with van der Waals surface area (Å²) < 4.78 is -0.0933. The molecule has 0 aliphatic carbocycles. The zero-order valence-corrected chi connectivity index (χ0v) is 21.4. The summed E-state index contributed by atoms with van der Waals surface area (Å²) in [6.07, 6.45) is 22.7. The third kappa shape index (κ3) is 24.0. The van der Waals surface area contributed by atoms with Gasteiger partial charge < -0.3 is 17.7 Å². The maximum atomic E-state index is 12.1. The Labute approximate surface area is 194 Å². The molecule has 0 bridgehead atoms. The van der Waals surface area contributed by atoms with E-state index in [1.165, 1.54) is 83.5 Å². The van der Waals surface area contributed by atoms with Gasteiger partial charge in [-0.1, -0.05) is 110 Å². The first-order chi connectivity index (χ1) is 13.9. The van der Waals surface area contributed by atoms with Gasteiger partial charge in [0.1, 0.15) is 6.54 Å². The maximum absolute atomic E-state index is 12.1. The second-order valence-electron chi connectivity index (χ2n) is 9.56. The summed E-state index contributed by atoms with van der Waals surface area (Å²) >= 11 is 0. The van der Waals surface area contributed by atoms with Crippen molar-refractivity contribution in [2.24, 2.45) is 0 Å². The Bertz CT molecular complexity index is 373. The van der Waals surface area contributed by atoms with Crippen LogP contribution in [0.4, 0.5) is 0 Å². The van der Waals surface area contributed by atoms with E-state index >= 15 is 0 Å². The summed E-state index contributed by atoms with van der Waals surface area (Å²) in [4.78, 5) is 12.1. The Morgan fingerprint density at radius 3 is 1.50 bits per heavy atom. The molecule has 0 aromatic heterocycles. The molecule has 4 nitrogen and oxygen atoms in total. The molecule has 0 heterocycles. The van der Waals surface area contributed by atoms with Crippen LogP contribution in [0.25, 0.3) is 0 Å². The summed E-state index contributed by atoms with van der Waals surface area (Å²) in [5.74, 6) is 0.145. The number of hydrogen-bond donors (Lipinski definition) is 2. The summed E-state index contributed by atoms with van der Waals surface area (Å²) in [7, 11) is 3.51. The second kappa shape index (κ2) is 21.9. The number of rotatable bonds is 21. The molecule has 1 amide bonds. The van der Waals surface area contributed by atoms with Gasteiger partial charge in [0.25, 0.3) is 0 Å². The summed E-state index contributed by atoms with van der Waals surface area (Å²) in [6.45, 7) is 4.96. The quantitative estimate of drug-likeness (QED) is 0.158. The van der Waals surface area contributed by atoms with Gasteiger partial charge in [0, 0.05) is 6.42 Å². The average molecular weight is 449 g/mol. The molecule has 1 unspecified atom stereocenters. The lowest BCUT2D eigenvalue weighted by Gasteiger charge is -2.26. The van der Waals surface area contributed by atoms with Crippen molar-refractivity contribution in [2.75, 3.05) is 20.6 Å². The van der Waals surface area contributed by atoms with E-state index in [2.05, 4.69) is 19.2 Å². The SMILES string of the molecule is CCCCCCCCCCCCCCCCCC(=O)NC(CCC)C[N+](C)(C)O.[Cl-]. The largest absolute Gasteiger partial charge is 1.00 e. The van der Waals surface area contributed by atoms with E-state index in [1.54, 1.807) is 14.1 Å². The molecule has 2 N–H and O–H groups in total. The van der Waals surface area contributed by atoms with Gasteiger partial charge >= 0.3 is 0 Å². The van der Waals surface area contributed by atoms with Crippen LogP contribution in [-0.2, 0) is 4.79 Å². The molecule has 30 heavy (non-hydrogen) atoms. The topological polar surface area (TPSA) is 49.3 Å². The Balaban J connectivity index is 0. The molecule has 0 saturated carbocycles. The number of quaternary nitrogens is 1. The molecule has 0 fully saturated rings. The lowest BCUT2D eigenvalue weighted by Crippen LogP contribution is -3.00. The van der Waals surface area contributed by atoms with Crippen molar-refractivity contribution in [2.45, 2.75) is 135 Å². The Kier molecular flexibility index (Phi) is 23.3. The molecule has 0 radical (unpaired) electrons. The zero-order valence-electron chi connectivity index (χ0n) is 20.7. The summed E-state index contributed by atoms with van der Waals surface area (Å²) in [6, 6.07) is 0.0730. The molecule has 0 aliphatic heterocycles. The Morgan fingerprint density at radius 1 is 0.733 bits per heavy atom. The third-order valence-corrected chi connectivity index (χ3v) is 5.68. The van der Waals surface area contributed by atoms with Crippen LogP contribution in [-0.4, -0.2) is 42.4 Å². The van der Waals surface area contributed by atoms with E-state index in [4.69, 9.17) is 0 Å². The molecule has 0 saturated heterocycles. The third-order valence-electron chi connectivity index (χ3n) is 5.68. The van der Waals surface area contributed by atoms with Gasteiger partial charge in [-0.25, -0.2) is 5.21 Å². The number of carbonyl (C=O) groups excluding carboxylic acids is 1. The van der Waals surface area contributed by atoms with Crippen LogP contribution in [0.2, 0.25) is 0 Å². The first-order valence-corrected chi connectivity index (χ1v) is 12.7. The highest BCUT2D eigenvalue weighted by atomic mass is 35.5. The fourth-order valence-electron chi connectivity index (χ4n) is 4.05. The fourth-order valence-corrected chi connectivity index (χ4v) is 4.05.